The first kappa shape index (κ1) is 18.7. The summed E-state index contributed by atoms with van der Waals surface area (Å²) in [7, 11) is 4.07. The van der Waals surface area contributed by atoms with Gasteiger partial charge in [-0.05, 0) is 71.0 Å². The summed E-state index contributed by atoms with van der Waals surface area (Å²) >= 11 is 0. The summed E-state index contributed by atoms with van der Waals surface area (Å²) in [6, 6.07) is 5.58. The maximum absolute atomic E-state index is 12.6. The van der Waals surface area contributed by atoms with E-state index in [1.807, 2.05) is 40.9 Å². The summed E-state index contributed by atoms with van der Waals surface area (Å²) < 4.78 is 5.58. The van der Waals surface area contributed by atoms with E-state index in [2.05, 4.69) is 4.90 Å². The number of aryl methyl sites for hydroxylation is 1. The minimum absolute atomic E-state index is 0.173. The number of fused-ring (bicyclic) bond motifs is 2. The van der Waals surface area contributed by atoms with Gasteiger partial charge in [0.05, 0.1) is 5.56 Å². The average Bonchev–Trinajstić information content (AvgIpc) is 3.08. The third-order valence-corrected chi connectivity index (χ3v) is 5.51. The summed E-state index contributed by atoms with van der Waals surface area (Å²) in [6.45, 7) is 6.83. The molecule has 6 heteroatoms. The Morgan fingerprint density at radius 3 is 2.58 bits per heavy atom. The molecule has 0 bridgehead atoms. The predicted molar refractivity (Wildman–Crippen MR) is 98.7 cm³/mol. The van der Waals surface area contributed by atoms with Crippen LogP contribution in [0.5, 0.6) is 0 Å². The number of benzene rings is 1. The second-order valence-corrected chi connectivity index (χ2v) is 8.67. The van der Waals surface area contributed by atoms with Crippen LogP contribution >= 0.6 is 0 Å². The van der Waals surface area contributed by atoms with Gasteiger partial charge in [-0.25, -0.2) is 9.59 Å². The quantitative estimate of drug-likeness (QED) is 0.878. The van der Waals surface area contributed by atoms with Crippen molar-refractivity contribution >= 4 is 12.1 Å². The summed E-state index contributed by atoms with van der Waals surface area (Å²) in [5.74, 6) is -0.903. The summed E-state index contributed by atoms with van der Waals surface area (Å²) in [5, 5.41) is 9.26. The molecule has 0 saturated carbocycles. The Hall–Kier alpha value is -2.08. The van der Waals surface area contributed by atoms with E-state index in [4.69, 9.17) is 4.74 Å². The van der Waals surface area contributed by atoms with Crippen LogP contribution in [0.1, 0.15) is 48.7 Å². The minimum atomic E-state index is -0.903. The molecule has 1 N–H and O–H groups in total. The molecule has 2 atom stereocenters. The second kappa shape index (κ2) is 6.27. The highest BCUT2D eigenvalue weighted by Crippen LogP contribution is 2.47. The van der Waals surface area contributed by atoms with Crippen LogP contribution in [-0.2, 0) is 16.6 Å². The third kappa shape index (κ3) is 3.18. The van der Waals surface area contributed by atoms with Gasteiger partial charge in [0.25, 0.3) is 0 Å². The van der Waals surface area contributed by atoms with Gasteiger partial charge in [0.15, 0.2) is 0 Å². The van der Waals surface area contributed by atoms with Crippen LogP contribution in [0.2, 0.25) is 0 Å². The monoisotopic (exact) mass is 360 g/mol. The van der Waals surface area contributed by atoms with Crippen molar-refractivity contribution in [2.75, 3.05) is 27.2 Å². The van der Waals surface area contributed by atoms with Crippen molar-refractivity contribution in [1.29, 1.82) is 0 Å². The lowest BCUT2D eigenvalue weighted by Gasteiger charge is -2.35. The van der Waals surface area contributed by atoms with E-state index in [9.17, 15) is 14.7 Å². The number of hydrogen-bond donors (Lipinski definition) is 1. The lowest BCUT2D eigenvalue weighted by molar-refractivity contribution is 0.0279. The lowest BCUT2D eigenvalue weighted by atomic mass is 9.77. The molecule has 1 amide bonds. The van der Waals surface area contributed by atoms with Crippen LogP contribution in [-0.4, -0.2) is 65.8 Å². The highest BCUT2D eigenvalue weighted by molar-refractivity contribution is 5.88. The first-order valence-electron chi connectivity index (χ1n) is 9.04. The molecule has 1 fully saturated rings. The molecule has 6 nitrogen and oxygen atoms in total. The molecule has 1 saturated heterocycles. The van der Waals surface area contributed by atoms with E-state index < -0.39 is 11.6 Å². The Labute approximate surface area is 154 Å². The Morgan fingerprint density at radius 1 is 1.31 bits per heavy atom. The standard InChI is InChI=1S/C20H28N2O4/c1-19(2,3)26-18(25)22-11-16(21(4)5)20(12-22)9-8-13-10-14(17(23)24)6-7-15(13)20/h6-7,10,16H,8-9,11-12H2,1-5H3,(H,23,24). The Bertz CT molecular complexity index is 738. The Balaban J connectivity index is 1.94. The highest BCUT2D eigenvalue weighted by Gasteiger charge is 2.53. The Kier molecular flexibility index (Phi) is 4.51. The first-order chi connectivity index (χ1) is 12.0. The average molecular weight is 360 g/mol. The highest BCUT2D eigenvalue weighted by atomic mass is 16.6. The van der Waals surface area contributed by atoms with Crippen LogP contribution in [0.25, 0.3) is 0 Å². The van der Waals surface area contributed by atoms with Crippen molar-refractivity contribution in [1.82, 2.24) is 9.80 Å². The number of carbonyl (C=O) groups excluding carboxylic acids is 1. The van der Waals surface area contributed by atoms with E-state index in [0.717, 1.165) is 18.4 Å². The molecule has 1 aromatic carbocycles. The predicted octanol–water partition coefficient (Wildman–Crippen LogP) is 2.75. The fourth-order valence-corrected chi connectivity index (χ4v) is 4.44. The maximum Gasteiger partial charge on any atom is 0.410 e. The largest absolute Gasteiger partial charge is 0.478 e. The van der Waals surface area contributed by atoms with E-state index in [0.29, 0.717) is 18.7 Å². The zero-order valence-electron chi connectivity index (χ0n) is 16.2. The smallest absolute Gasteiger partial charge is 0.410 e. The van der Waals surface area contributed by atoms with Crippen LogP contribution in [0.15, 0.2) is 18.2 Å². The zero-order chi connectivity index (χ0) is 19.3. The van der Waals surface area contributed by atoms with Gasteiger partial charge in [-0.1, -0.05) is 6.07 Å². The van der Waals surface area contributed by atoms with Gasteiger partial charge in [0.1, 0.15) is 5.60 Å². The summed E-state index contributed by atoms with van der Waals surface area (Å²) in [4.78, 5) is 27.9. The Morgan fingerprint density at radius 2 is 2.00 bits per heavy atom. The van der Waals surface area contributed by atoms with Crippen molar-refractivity contribution in [3.63, 3.8) is 0 Å². The molecule has 0 aromatic heterocycles. The number of carbonyl (C=O) groups is 2. The molecule has 3 rings (SSSR count). The topological polar surface area (TPSA) is 70.1 Å². The van der Waals surface area contributed by atoms with Gasteiger partial charge in [-0.2, -0.15) is 0 Å². The molecule has 142 valence electrons. The number of likely N-dealkylation sites (tertiary alicyclic amines) is 1. The number of carboxylic acids is 1. The van der Waals surface area contributed by atoms with E-state index in [1.54, 1.807) is 17.0 Å². The van der Waals surface area contributed by atoms with E-state index in [1.165, 1.54) is 5.56 Å². The van der Waals surface area contributed by atoms with Crippen LogP contribution in [0.3, 0.4) is 0 Å². The molecular weight excluding hydrogens is 332 g/mol. The number of aromatic carboxylic acids is 1. The van der Waals surface area contributed by atoms with Gasteiger partial charge in [-0.3, -0.25) is 0 Å². The van der Waals surface area contributed by atoms with Crippen LogP contribution in [0.4, 0.5) is 4.79 Å². The van der Waals surface area contributed by atoms with Crippen molar-refractivity contribution in [2.45, 2.75) is 50.7 Å². The van der Waals surface area contributed by atoms with Gasteiger partial charge in [-0.15, -0.1) is 0 Å². The number of amides is 1. The maximum atomic E-state index is 12.6. The van der Waals surface area contributed by atoms with Gasteiger partial charge < -0.3 is 19.6 Å². The minimum Gasteiger partial charge on any atom is -0.478 e. The van der Waals surface area contributed by atoms with Gasteiger partial charge in [0, 0.05) is 24.5 Å². The van der Waals surface area contributed by atoms with Crippen molar-refractivity contribution in [3.05, 3.63) is 34.9 Å². The van der Waals surface area contributed by atoms with Gasteiger partial charge >= 0.3 is 12.1 Å². The SMILES string of the molecule is CN(C)C1CN(C(=O)OC(C)(C)C)CC12CCc1cc(C(=O)O)ccc12. The molecule has 1 aliphatic heterocycles. The number of nitrogens with zero attached hydrogens (tertiary/aromatic N) is 2. The van der Waals surface area contributed by atoms with E-state index >= 15 is 0 Å². The molecular formula is C20H28N2O4. The molecule has 1 aliphatic carbocycles. The number of rotatable bonds is 2. The molecule has 2 aliphatic rings. The number of hydrogen-bond acceptors (Lipinski definition) is 4. The zero-order valence-corrected chi connectivity index (χ0v) is 16.2. The number of carboxylic acid groups (broad SMARTS) is 1. The summed E-state index contributed by atoms with van der Waals surface area (Å²) in [6.07, 6.45) is 1.47. The van der Waals surface area contributed by atoms with Crippen molar-refractivity contribution in [3.8, 4) is 0 Å². The molecule has 1 spiro atoms. The van der Waals surface area contributed by atoms with Crippen molar-refractivity contribution in [2.24, 2.45) is 0 Å². The van der Waals surface area contributed by atoms with E-state index in [-0.39, 0.29) is 17.6 Å². The normalized spacial score (nSPS) is 25.0. The van der Waals surface area contributed by atoms with Crippen molar-refractivity contribution < 1.29 is 19.4 Å². The van der Waals surface area contributed by atoms with Crippen LogP contribution < -0.4 is 0 Å². The number of likely N-dealkylation sites (N-methyl/N-ethyl adjacent to an activating group) is 1. The lowest BCUT2D eigenvalue weighted by Crippen LogP contribution is -2.45. The van der Waals surface area contributed by atoms with Gasteiger partial charge in [0.2, 0.25) is 0 Å². The van der Waals surface area contributed by atoms with Crippen LogP contribution in [0, 0.1) is 0 Å². The molecule has 26 heavy (non-hydrogen) atoms. The first-order valence-corrected chi connectivity index (χ1v) is 9.04. The molecule has 0 radical (unpaired) electrons. The summed E-state index contributed by atoms with van der Waals surface area (Å²) in [5.41, 5.74) is 1.89. The fraction of sp³-hybridized carbons (Fsp3) is 0.600. The number of ether oxygens (including phenoxy) is 1. The molecule has 1 aromatic rings. The molecule has 2 unspecified atom stereocenters. The second-order valence-electron chi connectivity index (χ2n) is 8.67. The molecule has 1 heterocycles. The third-order valence-electron chi connectivity index (χ3n) is 5.51. The fourth-order valence-electron chi connectivity index (χ4n) is 4.44.